The Kier molecular flexibility index (Phi) is 2.15. The van der Waals surface area contributed by atoms with E-state index in [-0.39, 0.29) is 0 Å². The van der Waals surface area contributed by atoms with Crippen molar-refractivity contribution in [2.45, 2.75) is 33.6 Å². The molecule has 0 aromatic heterocycles. The molecule has 1 radical (unpaired) electrons. The first-order valence-corrected chi connectivity index (χ1v) is 4.05. The van der Waals surface area contributed by atoms with E-state index >= 15 is 0 Å². The minimum Gasteiger partial charge on any atom is -0.0625 e. The zero-order valence-electron chi connectivity index (χ0n) is 6.72. The zero-order valence-corrected chi connectivity index (χ0v) is 6.72. The fourth-order valence-corrected chi connectivity index (χ4v) is 1.39. The third-order valence-corrected chi connectivity index (χ3v) is 2.05. The fraction of sp³-hybridized carbons (Fsp3) is 0.889. The highest BCUT2D eigenvalue weighted by atomic mass is 14.3. The van der Waals surface area contributed by atoms with Gasteiger partial charge in [-0.2, -0.15) is 0 Å². The Morgan fingerprint density at radius 3 is 2.11 bits per heavy atom. The molecule has 0 heterocycles. The molecule has 0 spiro atoms. The molecule has 1 unspecified atom stereocenters. The van der Waals surface area contributed by atoms with Crippen molar-refractivity contribution < 1.29 is 0 Å². The van der Waals surface area contributed by atoms with E-state index in [0.717, 1.165) is 17.8 Å². The molecule has 1 fully saturated rings. The molecule has 1 saturated carbocycles. The fourth-order valence-electron chi connectivity index (χ4n) is 1.39. The summed E-state index contributed by atoms with van der Waals surface area (Å²) in [6.45, 7) is 6.87. The molecule has 0 bridgehead atoms. The van der Waals surface area contributed by atoms with Gasteiger partial charge in [0.2, 0.25) is 0 Å². The summed E-state index contributed by atoms with van der Waals surface area (Å²) in [6, 6.07) is 0. The van der Waals surface area contributed by atoms with Crippen molar-refractivity contribution in [3.05, 3.63) is 6.42 Å². The molecule has 0 N–H and O–H groups in total. The van der Waals surface area contributed by atoms with Gasteiger partial charge in [-0.25, -0.2) is 0 Å². The van der Waals surface area contributed by atoms with Gasteiger partial charge < -0.3 is 0 Å². The number of hydrogen-bond acceptors (Lipinski definition) is 0. The third kappa shape index (κ3) is 2.38. The van der Waals surface area contributed by atoms with Gasteiger partial charge in [-0.05, 0) is 37.0 Å². The largest absolute Gasteiger partial charge is 0.0625 e. The molecule has 1 atom stereocenters. The van der Waals surface area contributed by atoms with Crippen LogP contribution in [0.2, 0.25) is 0 Å². The van der Waals surface area contributed by atoms with Crippen LogP contribution in [0.5, 0.6) is 0 Å². The number of hydrogen-bond donors (Lipinski definition) is 0. The standard InChI is InChI=1S/C9H17/c1-7(2)6-8(3)9-4-5-9/h6-9H,4-5H2,1-3H3. The predicted octanol–water partition coefficient (Wildman–Crippen LogP) is 2.89. The van der Waals surface area contributed by atoms with Gasteiger partial charge in [-0.1, -0.05) is 20.8 Å². The maximum Gasteiger partial charge on any atom is -0.0329 e. The van der Waals surface area contributed by atoms with Crippen LogP contribution in [0.25, 0.3) is 0 Å². The molecular weight excluding hydrogens is 108 g/mol. The van der Waals surface area contributed by atoms with Gasteiger partial charge in [-0.3, -0.25) is 0 Å². The molecule has 0 aromatic carbocycles. The summed E-state index contributed by atoms with van der Waals surface area (Å²) < 4.78 is 0. The first kappa shape index (κ1) is 7.11. The lowest BCUT2D eigenvalue weighted by Crippen LogP contribution is -2.02. The van der Waals surface area contributed by atoms with Crippen molar-refractivity contribution in [3.8, 4) is 0 Å². The minimum absolute atomic E-state index is 0.778. The van der Waals surface area contributed by atoms with Crippen LogP contribution in [0.3, 0.4) is 0 Å². The van der Waals surface area contributed by atoms with E-state index in [0.29, 0.717) is 0 Å². The Labute approximate surface area is 58.7 Å². The molecule has 0 saturated heterocycles. The van der Waals surface area contributed by atoms with Gasteiger partial charge >= 0.3 is 0 Å². The lowest BCUT2D eigenvalue weighted by Gasteiger charge is -2.10. The molecular formula is C9H17. The molecule has 0 heteroatoms. The zero-order chi connectivity index (χ0) is 6.85. The van der Waals surface area contributed by atoms with Crippen molar-refractivity contribution in [1.82, 2.24) is 0 Å². The van der Waals surface area contributed by atoms with Gasteiger partial charge in [0.25, 0.3) is 0 Å². The summed E-state index contributed by atoms with van der Waals surface area (Å²) >= 11 is 0. The van der Waals surface area contributed by atoms with Crippen LogP contribution < -0.4 is 0 Å². The van der Waals surface area contributed by atoms with E-state index in [1.807, 2.05) is 0 Å². The summed E-state index contributed by atoms with van der Waals surface area (Å²) in [5.74, 6) is 2.71. The van der Waals surface area contributed by atoms with E-state index in [9.17, 15) is 0 Å². The second kappa shape index (κ2) is 2.72. The molecule has 0 nitrogen and oxygen atoms in total. The lowest BCUT2D eigenvalue weighted by molar-refractivity contribution is 0.516. The molecule has 1 aliphatic rings. The molecule has 53 valence electrons. The van der Waals surface area contributed by atoms with Gasteiger partial charge in [0.15, 0.2) is 0 Å². The molecule has 1 aliphatic carbocycles. The average molecular weight is 125 g/mol. The number of rotatable bonds is 3. The van der Waals surface area contributed by atoms with Crippen LogP contribution in [0, 0.1) is 24.2 Å². The van der Waals surface area contributed by atoms with Crippen molar-refractivity contribution in [2.75, 3.05) is 0 Å². The first-order valence-electron chi connectivity index (χ1n) is 4.05. The Morgan fingerprint density at radius 1 is 1.22 bits per heavy atom. The highest BCUT2D eigenvalue weighted by Gasteiger charge is 2.27. The smallest absolute Gasteiger partial charge is 0.0329 e. The van der Waals surface area contributed by atoms with Crippen LogP contribution in [-0.4, -0.2) is 0 Å². The minimum atomic E-state index is 0.778. The van der Waals surface area contributed by atoms with Crippen molar-refractivity contribution in [1.29, 1.82) is 0 Å². The Balaban J connectivity index is 2.10. The van der Waals surface area contributed by atoms with Gasteiger partial charge in [0, 0.05) is 0 Å². The topological polar surface area (TPSA) is 0 Å². The van der Waals surface area contributed by atoms with Crippen LogP contribution in [0.1, 0.15) is 33.6 Å². The molecule has 9 heavy (non-hydrogen) atoms. The van der Waals surface area contributed by atoms with Crippen LogP contribution in [-0.2, 0) is 0 Å². The quantitative estimate of drug-likeness (QED) is 0.544. The molecule has 0 aromatic rings. The van der Waals surface area contributed by atoms with Crippen LogP contribution in [0.4, 0.5) is 0 Å². The summed E-state index contributed by atoms with van der Waals surface area (Å²) in [7, 11) is 0. The SMILES string of the molecule is CC(C)[CH]C(C)C1CC1. The second-order valence-electron chi connectivity index (χ2n) is 3.63. The van der Waals surface area contributed by atoms with Gasteiger partial charge in [-0.15, -0.1) is 0 Å². The van der Waals surface area contributed by atoms with Gasteiger partial charge in [0.05, 0.1) is 0 Å². The summed E-state index contributed by atoms with van der Waals surface area (Å²) in [4.78, 5) is 0. The average Bonchev–Trinajstić information content (AvgIpc) is 2.40. The third-order valence-electron chi connectivity index (χ3n) is 2.05. The van der Waals surface area contributed by atoms with Gasteiger partial charge in [0.1, 0.15) is 0 Å². The maximum absolute atomic E-state index is 2.47. The van der Waals surface area contributed by atoms with E-state index in [2.05, 4.69) is 27.2 Å². The molecule has 1 rings (SSSR count). The normalized spacial score (nSPS) is 22.7. The summed E-state index contributed by atoms with van der Waals surface area (Å²) in [6.07, 6.45) is 5.42. The van der Waals surface area contributed by atoms with Crippen molar-refractivity contribution in [3.63, 3.8) is 0 Å². The first-order chi connectivity index (χ1) is 4.20. The summed E-state index contributed by atoms with van der Waals surface area (Å²) in [5, 5.41) is 0. The molecule has 0 aliphatic heterocycles. The Bertz CT molecular complexity index is 80.0. The Hall–Kier alpha value is 0. The summed E-state index contributed by atoms with van der Waals surface area (Å²) in [5.41, 5.74) is 0. The maximum atomic E-state index is 2.47. The molecule has 0 amide bonds. The van der Waals surface area contributed by atoms with E-state index < -0.39 is 0 Å². The van der Waals surface area contributed by atoms with Crippen LogP contribution in [0.15, 0.2) is 0 Å². The van der Waals surface area contributed by atoms with Crippen molar-refractivity contribution >= 4 is 0 Å². The van der Waals surface area contributed by atoms with E-state index in [4.69, 9.17) is 0 Å². The lowest BCUT2D eigenvalue weighted by atomic mass is 9.95. The predicted molar refractivity (Wildman–Crippen MR) is 41.0 cm³/mol. The Morgan fingerprint density at radius 2 is 1.78 bits per heavy atom. The van der Waals surface area contributed by atoms with E-state index in [1.165, 1.54) is 12.8 Å². The van der Waals surface area contributed by atoms with Crippen LogP contribution >= 0.6 is 0 Å². The monoisotopic (exact) mass is 125 g/mol. The highest BCUT2D eigenvalue weighted by molar-refractivity contribution is 4.88. The van der Waals surface area contributed by atoms with E-state index in [1.54, 1.807) is 0 Å². The second-order valence-corrected chi connectivity index (χ2v) is 3.63. The highest BCUT2D eigenvalue weighted by Crippen LogP contribution is 2.38. The van der Waals surface area contributed by atoms with Crippen molar-refractivity contribution in [2.24, 2.45) is 17.8 Å².